The van der Waals surface area contributed by atoms with Crippen LogP contribution in [0.3, 0.4) is 0 Å². The molecular formula is C12H19OP. The molecule has 78 valence electrons. The molecule has 0 aliphatic heterocycles. The van der Waals surface area contributed by atoms with E-state index in [1.54, 1.807) is 0 Å². The Balaban J connectivity index is 3.04. The van der Waals surface area contributed by atoms with Gasteiger partial charge in [0.15, 0.2) is 0 Å². The molecule has 1 nitrogen and oxygen atoms in total. The zero-order chi connectivity index (χ0) is 10.8. The van der Waals surface area contributed by atoms with Gasteiger partial charge in [0.2, 0.25) is 0 Å². The van der Waals surface area contributed by atoms with Gasteiger partial charge in [0.1, 0.15) is 5.75 Å². The van der Waals surface area contributed by atoms with Crippen LogP contribution in [0.15, 0.2) is 24.3 Å². The molecule has 0 aliphatic carbocycles. The van der Waals surface area contributed by atoms with E-state index in [2.05, 4.69) is 52.3 Å². The van der Waals surface area contributed by atoms with Gasteiger partial charge in [0.25, 0.3) is 0 Å². The first-order chi connectivity index (χ1) is 6.41. The number of benzene rings is 1. The normalized spacial score (nSPS) is 11.9. The quantitative estimate of drug-likeness (QED) is 0.670. The predicted molar refractivity (Wildman–Crippen MR) is 64.5 cm³/mol. The highest BCUT2D eigenvalue weighted by Crippen LogP contribution is 2.37. The van der Waals surface area contributed by atoms with Crippen molar-refractivity contribution < 1.29 is 4.52 Å². The first kappa shape index (κ1) is 11.5. The summed E-state index contributed by atoms with van der Waals surface area (Å²) in [7, 11) is -0.340. The molecule has 0 radical (unpaired) electrons. The van der Waals surface area contributed by atoms with E-state index in [1.165, 1.54) is 5.56 Å². The van der Waals surface area contributed by atoms with E-state index in [-0.39, 0.29) is 13.6 Å². The van der Waals surface area contributed by atoms with Gasteiger partial charge in [-0.15, -0.1) is 0 Å². The molecule has 2 heteroatoms. The van der Waals surface area contributed by atoms with Gasteiger partial charge in [-0.3, -0.25) is 0 Å². The van der Waals surface area contributed by atoms with Gasteiger partial charge in [-0.05, 0) is 30.4 Å². The van der Waals surface area contributed by atoms with Gasteiger partial charge in [0, 0.05) is 0 Å². The molecule has 1 aromatic carbocycles. The molecule has 0 unspecified atom stereocenters. The standard InChI is InChI=1S/C12H19OP/c1-12(2,3)10-8-6-7-9-11(10)13-14(4)5/h6-9H,1-5H3. The van der Waals surface area contributed by atoms with Crippen LogP contribution in [0.4, 0.5) is 0 Å². The summed E-state index contributed by atoms with van der Waals surface area (Å²) in [6, 6.07) is 8.31. The predicted octanol–water partition coefficient (Wildman–Crippen LogP) is 4.02. The number of hydrogen-bond donors (Lipinski definition) is 0. The molecule has 0 aromatic heterocycles. The Kier molecular flexibility index (Phi) is 3.55. The second-order valence-electron chi connectivity index (χ2n) is 4.65. The average Bonchev–Trinajstić information content (AvgIpc) is 2.01. The molecule has 0 spiro atoms. The summed E-state index contributed by atoms with van der Waals surface area (Å²) < 4.78 is 5.84. The maximum absolute atomic E-state index is 5.84. The molecular weight excluding hydrogens is 191 g/mol. The highest BCUT2D eigenvalue weighted by molar-refractivity contribution is 7.51. The Bertz CT molecular complexity index is 299. The summed E-state index contributed by atoms with van der Waals surface area (Å²) in [6.07, 6.45) is 0. The van der Waals surface area contributed by atoms with Crippen molar-refractivity contribution in [3.05, 3.63) is 29.8 Å². The Labute approximate surface area is 88.3 Å². The maximum atomic E-state index is 5.84. The van der Waals surface area contributed by atoms with Gasteiger partial charge < -0.3 is 4.52 Å². The fourth-order valence-electron chi connectivity index (χ4n) is 1.36. The van der Waals surface area contributed by atoms with Gasteiger partial charge >= 0.3 is 0 Å². The summed E-state index contributed by atoms with van der Waals surface area (Å²) in [5.41, 5.74) is 1.44. The average molecular weight is 210 g/mol. The van der Waals surface area contributed by atoms with E-state index >= 15 is 0 Å². The van der Waals surface area contributed by atoms with E-state index in [4.69, 9.17) is 4.52 Å². The van der Waals surface area contributed by atoms with E-state index in [0.717, 1.165) is 5.75 Å². The minimum atomic E-state index is -0.340. The molecule has 1 rings (SSSR count). The van der Waals surface area contributed by atoms with Crippen molar-refractivity contribution in [1.29, 1.82) is 0 Å². The van der Waals surface area contributed by atoms with Crippen molar-refractivity contribution in [2.75, 3.05) is 13.3 Å². The van der Waals surface area contributed by atoms with Crippen molar-refractivity contribution in [1.82, 2.24) is 0 Å². The Hall–Kier alpha value is -0.550. The highest BCUT2D eigenvalue weighted by atomic mass is 31.1. The second-order valence-corrected chi connectivity index (χ2v) is 6.46. The summed E-state index contributed by atoms with van der Waals surface area (Å²) >= 11 is 0. The lowest BCUT2D eigenvalue weighted by molar-refractivity contribution is 0.539. The third-order valence-electron chi connectivity index (χ3n) is 1.98. The SMILES string of the molecule is CP(C)Oc1ccccc1C(C)(C)C. The Morgan fingerprint density at radius 1 is 1.07 bits per heavy atom. The molecule has 1 aromatic rings. The smallest absolute Gasteiger partial charge is 0.126 e. The van der Waals surface area contributed by atoms with Gasteiger partial charge in [-0.2, -0.15) is 0 Å². The fourth-order valence-corrected chi connectivity index (χ4v) is 1.92. The molecule has 0 fully saturated rings. The molecule has 14 heavy (non-hydrogen) atoms. The second kappa shape index (κ2) is 4.31. The first-order valence-electron chi connectivity index (χ1n) is 4.86. The minimum Gasteiger partial charge on any atom is -0.474 e. The zero-order valence-electron chi connectivity index (χ0n) is 9.66. The number of rotatable bonds is 2. The maximum Gasteiger partial charge on any atom is 0.126 e. The van der Waals surface area contributed by atoms with Crippen molar-refractivity contribution in [2.24, 2.45) is 0 Å². The van der Waals surface area contributed by atoms with E-state index in [1.807, 2.05) is 6.07 Å². The van der Waals surface area contributed by atoms with Gasteiger partial charge in [-0.1, -0.05) is 39.0 Å². The monoisotopic (exact) mass is 210 g/mol. The summed E-state index contributed by atoms with van der Waals surface area (Å²) in [4.78, 5) is 0. The largest absolute Gasteiger partial charge is 0.474 e. The third-order valence-corrected chi connectivity index (χ3v) is 2.54. The lowest BCUT2D eigenvalue weighted by atomic mass is 9.86. The summed E-state index contributed by atoms with van der Waals surface area (Å²) in [5, 5.41) is 0. The molecule has 0 heterocycles. The Morgan fingerprint density at radius 3 is 2.14 bits per heavy atom. The van der Waals surface area contributed by atoms with Crippen LogP contribution < -0.4 is 4.52 Å². The highest BCUT2D eigenvalue weighted by Gasteiger charge is 2.18. The number of para-hydroxylation sites is 1. The Morgan fingerprint density at radius 2 is 1.64 bits per heavy atom. The van der Waals surface area contributed by atoms with Crippen molar-refractivity contribution in [2.45, 2.75) is 26.2 Å². The van der Waals surface area contributed by atoms with Crippen LogP contribution in [-0.2, 0) is 5.41 Å². The fraction of sp³-hybridized carbons (Fsp3) is 0.500. The molecule has 0 N–H and O–H groups in total. The summed E-state index contributed by atoms with van der Waals surface area (Å²) in [6.45, 7) is 10.9. The van der Waals surface area contributed by atoms with Crippen LogP contribution >= 0.6 is 8.15 Å². The zero-order valence-corrected chi connectivity index (χ0v) is 10.6. The van der Waals surface area contributed by atoms with Crippen molar-refractivity contribution in [3.8, 4) is 5.75 Å². The van der Waals surface area contributed by atoms with Gasteiger partial charge in [0.05, 0.1) is 8.15 Å². The topological polar surface area (TPSA) is 9.23 Å². The van der Waals surface area contributed by atoms with Crippen molar-refractivity contribution >= 4 is 8.15 Å². The van der Waals surface area contributed by atoms with Crippen LogP contribution in [0.1, 0.15) is 26.3 Å². The molecule has 0 atom stereocenters. The van der Waals surface area contributed by atoms with Crippen LogP contribution in [0, 0.1) is 0 Å². The minimum absolute atomic E-state index is 0.155. The van der Waals surface area contributed by atoms with Crippen LogP contribution in [0.25, 0.3) is 0 Å². The van der Waals surface area contributed by atoms with Gasteiger partial charge in [-0.25, -0.2) is 0 Å². The lowest BCUT2D eigenvalue weighted by Gasteiger charge is -2.23. The molecule has 0 saturated carbocycles. The van der Waals surface area contributed by atoms with Crippen molar-refractivity contribution in [3.63, 3.8) is 0 Å². The van der Waals surface area contributed by atoms with E-state index in [0.29, 0.717) is 0 Å². The van der Waals surface area contributed by atoms with E-state index < -0.39 is 0 Å². The van der Waals surface area contributed by atoms with Crippen LogP contribution in [0.2, 0.25) is 0 Å². The first-order valence-corrected chi connectivity index (χ1v) is 7.01. The molecule has 0 bridgehead atoms. The van der Waals surface area contributed by atoms with Crippen LogP contribution in [-0.4, -0.2) is 13.3 Å². The lowest BCUT2D eigenvalue weighted by Crippen LogP contribution is -2.12. The van der Waals surface area contributed by atoms with Crippen LogP contribution in [0.5, 0.6) is 5.75 Å². The molecule has 0 aliphatic rings. The number of hydrogen-bond acceptors (Lipinski definition) is 1. The third kappa shape index (κ3) is 2.99. The van der Waals surface area contributed by atoms with E-state index in [9.17, 15) is 0 Å². The summed E-state index contributed by atoms with van der Waals surface area (Å²) in [5.74, 6) is 1.04. The molecule has 0 saturated heterocycles. The molecule has 0 amide bonds.